The molecule has 0 aromatic heterocycles. The zero-order valence-electron chi connectivity index (χ0n) is 17.5. The van der Waals surface area contributed by atoms with Gasteiger partial charge in [0.05, 0.1) is 4.90 Å². The maximum Gasteiger partial charge on any atom is 0.240 e. The van der Waals surface area contributed by atoms with E-state index in [2.05, 4.69) is 22.2 Å². The van der Waals surface area contributed by atoms with Crippen molar-refractivity contribution in [3.63, 3.8) is 0 Å². The molecule has 0 saturated carbocycles. The van der Waals surface area contributed by atoms with E-state index in [1.165, 1.54) is 5.56 Å². The topological polar surface area (TPSA) is 75.3 Å². The minimum Gasteiger partial charge on any atom is -0.354 e. The van der Waals surface area contributed by atoms with Gasteiger partial charge in [-0.2, -0.15) is 0 Å². The monoisotopic (exact) mass is 416 g/mol. The quantitative estimate of drug-likeness (QED) is 0.587. The SMILES string of the molecule is CC(C)CNS(=O)(=O)c1ccc(CCC(=O)N[C@@H](C)CCc2ccccc2)cc1. The first-order chi connectivity index (χ1) is 13.8. The molecule has 1 amide bonds. The van der Waals surface area contributed by atoms with E-state index < -0.39 is 10.0 Å². The summed E-state index contributed by atoms with van der Waals surface area (Å²) in [6.45, 7) is 6.34. The predicted octanol–water partition coefficient (Wildman–Crippen LogP) is 3.69. The van der Waals surface area contributed by atoms with Crippen LogP contribution in [0.5, 0.6) is 0 Å². The molecule has 0 unspecified atom stereocenters. The Balaban J connectivity index is 1.76. The van der Waals surface area contributed by atoms with Crippen LogP contribution in [0.15, 0.2) is 59.5 Å². The molecule has 0 aliphatic rings. The third kappa shape index (κ3) is 8.38. The number of hydrogen-bond donors (Lipinski definition) is 2. The normalized spacial score (nSPS) is 12.7. The summed E-state index contributed by atoms with van der Waals surface area (Å²) in [5.74, 6) is 0.263. The molecular weight excluding hydrogens is 384 g/mol. The highest BCUT2D eigenvalue weighted by Crippen LogP contribution is 2.12. The van der Waals surface area contributed by atoms with Gasteiger partial charge < -0.3 is 5.32 Å². The fourth-order valence-electron chi connectivity index (χ4n) is 2.90. The van der Waals surface area contributed by atoms with Crippen LogP contribution in [-0.2, 0) is 27.7 Å². The van der Waals surface area contributed by atoms with Crippen LogP contribution in [0.25, 0.3) is 0 Å². The van der Waals surface area contributed by atoms with Gasteiger partial charge in [0.15, 0.2) is 0 Å². The molecule has 0 aliphatic carbocycles. The van der Waals surface area contributed by atoms with Gasteiger partial charge in [0, 0.05) is 19.0 Å². The number of hydrogen-bond acceptors (Lipinski definition) is 3. The van der Waals surface area contributed by atoms with Crippen LogP contribution >= 0.6 is 0 Å². The summed E-state index contributed by atoms with van der Waals surface area (Å²) >= 11 is 0. The fourth-order valence-corrected chi connectivity index (χ4v) is 4.11. The largest absolute Gasteiger partial charge is 0.354 e. The Bertz CT molecular complexity index is 863. The van der Waals surface area contributed by atoms with Gasteiger partial charge >= 0.3 is 0 Å². The highest BCUT2D eigenvalue weighted by Gasteiger charge is 2.14. The molecule has 0 saturated heterocycles. The lowest BCUT2D eigenvalue weighted by molar-refractivity contribution is -0.121. The molecule has 0 heterocycles. The van der Waals surface area contributed by atoms with E-state index in [9.17, 15) is 13.2 Å². The minimum atomic E-state index is -3.48. The van der Waals surface area contributed by atoms with Crippen molar-refractivity contribution in [2.45, 2.75) is 57.4 Å². The summed E-state index contributed by atoms with van der Waals surface area (Å²) in [6.07, 6.45) is 2.79. The van der Waals surface area contributed by atoms with Crippen molar-refractivity contribution >= 4 is 15.9 Å². The number of benzene rings is 2. The van der Waals surface area contributed by atoms with Crippen molar-refractivity contribution in [3.8, 4) is 0 Å². The predicted molar refractivity (Wildman–Crippen MR) is 117 cm³/mol. The van der Waals surface area contributed by atoms with Gasteiger partial charge in [-0.05, 0) is 55.4 Å². The lowest BCUT2D eigenvalue weighted by Gasteiger charge is -2.14. The molecule has 2 N–H and O–H groups in total. The van der Waals surface area contributed by atoms with E-state index in [4.69, 9.17) is 0 Å². The Morgan fingerprint density at radius 3 is 2.14 bits per heavy atom. The smallest absolute Gasteiger partial charge is 0.240 e. The molecule has 2 aromatic rings. The molecule has 2 rings (SSSR count). The number of amides is 1. The van der Waals surface area contributed by atoms with Crippen molar-refractivity contribution in [1.29, 1.82) is 0 Å². The van der Waals surface area contributed by atoms with Gasteiger partial charge in [-0.1, -0.05) is 56.3 Å². The van der Waals surface area contributed by atoms with Gasteiger partial charge in [-0.15, -0.1) is 0 Å². The van der Waals surface area contributed by atoms with Gasteiger partial charge in [0.1, 0.15) is 0 Å². The summed E-state index contributed by atoms with van der Waals surface area (Å²) in [7, 11) is -3.48. The standard InChI is InChI=1S/C23H32N2O3S/c1-18(2)17-24-29(27,28)22-14-11-21(12-15-22)13-16-23(26)25-19(3)9-10-20-7-5-4-6-8-20/h4-8,11-12,14-15,18-19,24H,9-10,13,16-17H2,1-3H3,(H,25,26)/t19-/m0/s1. The molecule has 0 spiro atoms. The van der Waals surface area contributed by atoms with Crippen molar-refractivity contribution in [3.05, 3.63) is 65.7 Å². The van der Waals surface area contributed by atoms with Gasteiger partial charge in [0.2, 0.25) is 15.9 Å². The second kappa shape index (κ2) is 11.1. The third-order valence-electron chi connectivity index (χ3n) is 4.67. The Morgan fingerprint density at radius 2 is 1.52 bits per heavy atom. The number of rotatable bonds is 11. The lowest BCUT2D eigenvalue weighted by atomic mass is 10.1. The number of carbonyl (C=O) groups is 1. The molecule has 2 aromatic carbocycles. The summed E-state index contributed by atoms with van der Waals surface area (Å²) in [6, 6.07) is 17.1. The highest BCUT2D eigenvalue weighted by molar-refractivity contribution is 7.89. The van der Waals surface area contributed by atoms with Crippen LogP contribution in [0.4, 0.5) is 0 Å². The molecule has 29 heavy (non-hydrogen) atoms. The average Bonchev–Trinajstić information content (AvgIpc) is 2.70. The first kappa shape index (κ1) is 23.1. The van der Waals surface area contributed by atoms with E-state index in [1.54, 1.807) is 24.3 Å². The number of carbonyl (C=O) groups excluding carboxylic acids is 1. The molecule has 158 valence electrons. The average molecular weight is 417 g/mol. The van der Waals surface area contributed by atoms with E-state index in [0.717, 1.165) is 18.4 Å². The second-order valence-electron chi connectivity index (χ2n) is 7.88. The van der Waals surface area contributed by atoms with Gasteiger partial charge in [-0.3, -0.25) is 4.79 Å². The van der Waals surface area contributed by atoms with Crippen LogP contribution in [0.2, 0.25) is 0 Å². The van der Waals surface area contributed by atoms with Crippen LogP contribution in [0, 0.1) is 5.92 Å². The van der Waals surface area contributed by atoms with Gasteiger partial charge in [0.25, 0.3) is 0 Å². The molecule has 1 atom stereocenters. The van der Waals surface area contributed by atoms with E-state index in [-0.39, 0.29) is 22.8 Å². The van der Waals surface area contributed by atoms with Gasteiger partial charge in [-0.25, -0.2) is 13.1 Å². The van der Waals surface area contributed by atoms with E-state index in [0.29, 0.717) is 19.4 Å². The maximum atomic E-state index is 12.2. The Kier molecular flexibility index (Phi) is 8.86. The third-order valence-corrected chi connectivity index (χ3v) is 6.11. The summed E-state index contributed by atoms with van der Waals surface area (Å²) in [5, 5.41) is 3.04. The molecule has 0 radical (unpaired) electrons. The van der Waals surface area contributed by atoms with Crippen LogP contribution in [-0.4, -0.2) is 26.9 Å². The lowest BCUT2D eigenvalue weighted by Crippen LogP contribution is -2.33. The van der Waals surface area contributed by atoms with Crippen molar-refractivity contribution in [2.24, 2.45) is 5.92 Å². The maximum absolute atomic E-state index is 12.2. The Morgan fingerprint density at radius 1 is 0.897 bits per heavy atom. The Labute approximate surface area is 175 Å². The molecule has 0 bridgehead atoms. The van der Waals surface area contributed by atoms with Crippen molar-refractivity contribution < 1.29 is 13.2 Å². The molecule has 5 nitrogen and oxygen atoms in total. The summed E-state index contributed by atoms with van der Waals surface area (Å²) in [4.78, 5) is 12.4. The molecular formula is C23H32N2O3S. The first-order valence-electron chi connectivity index (χ1n) is 10.2. The number of sulfonamides is 1. The minimum absolute atomic E-state index is 0.0147. The van der Waals surface area contributed by atoms with Crippen molar-refractivity contribution in [1.82, 2.24) is 10.0 Å². The fraction of sp³-hybridized carbons (Fsp3) is 0.435. The van der Waals surface area contributed by atoms with Crippen LogP contribution in [0.1, 0.15) is 44.7 Å². The van der Waals surface area contributed by atoms with E-state index in [1.807, 2.05) is 39.0 Å². The van der Waals surface area contributed by atoms with E-state index >= 15 is 0 Å². The summed E-state index contributed by atoms with van der Waals surface area (Å²) in [5.41, 5.74) is 2.21. The zero-order valence-corrected chi connectivity index (χ0v) is 18.3. The molecule has 0 aliphatic heterocycles. The highest BCUT2D eigenvalue weighted by atomic mass is 32.2. The number of aryl methyl sites for hydroxylation is 2. The molecule has 0 fully saturated rings. The van der Waals surface area contributed by atoms with Crippen LogP contribution in [0.3, 0.4) is 0 Å². The summed E-state index contributed by atoms with van der Waals surface area (Å²) < 4.78 is 27.0. The zero-order chi connectivity index (χ0) is 21.3. The second-order valence-corrected chi connectivity index (χ2v) is 9.65. The van der Waals surface area contributed by atoms with Crippen molar-refractivity contribution in [2.75, 3.05) is 6.54 Å². The number of nitrogens with one attached hydrogen (secondary N) is 2. The van der Waals surface area contributed by atoms with Crippen LogP contribution < -0.4 is 10.0 Å². The Hall–Kier alpha value is -2.18. The first-order valence-corrected chi connectivity index (χ1v) is 11.7. The molecule has 6 heteroatoms.